The molecule has 2 saturated heterocycles. The summed E-state index contributed by atoms with van der Waals surface area (Å²) in [5.74, 6) is 0.866. The van der Waals surface area contributed by atoms with Crippen LogP contribution in [0.4, 0.5) is 0 Å². The van der Waals surface area contributed by atoms with Gasteiger partial charge in [-0.15, -0.1) is 0 Å². The minimum atomic E-state index is 0.245. The fourth-order valence-electron chi connectivity index (χ4n) is 3.91. The zero-order valence-corrected chi connectivity index (χ0v) is 15.4. The predicted molar refractivity (Wildman–Crippen MR) is 101 cm³/mol. The van der Waals surface area contributed by atoms with Crippen molar-refractivity contribution in [2.75, 3.05) is 45.8 Å². The van der Waals surface area contributed by atoms with E-state index in [0.29, 0.717) is 18.4 Å². The lowest BCUT2D eigenvalue weighted by molar-refractivity contribution is -0.134. The zero-order chi connectivity index (χ0) is 17.6. The van der Waals surface area contributed by atoms with Crippen molar-refractivity contribution >= 4 is 5.91 Å². The lowest BCUT2D eigenvalue weighted by Crippen LogP contribution is -2.51. The molecule has 2 fully saturated rings. The fourth-order valence-corrected chi connectivity index (χ4v) is 3.91. The summed E-state index contributed by atoms with van der Waals surface area (Å²) >= 11 is 0. The summed E-state index contributed by atoms with van der Waals surface area (Å²) in [4.78, 5) is 19.4. The van der Waals surface area contributed by atoms with Crippen molar-refractivity contribution in [3.63, 3.8) is 0 Å². The van der Waals surface area contributed by atoms with Crippen LogP contribution in [-0.4, -0.2) is 72.5 Å². The van der Waals surface area contributed by atoms with Gasteiger partial charge in [-0.25, -0.2) is 0 Å². The molecule has 2 heterocycles. The van der Waals surface area contributed by atoms with Crippen LogP contribution >= 0.6 is 0 Å². The Morgan fingerprint density at radius 3 is 2.24 bits per heavy atom. The average molecular weight is 345 g/mol. The Hall–Kier alpha value is -1.43. The minimum Gasteiger partial charge on any atom is -0.342 e. The Labute approximate surface area is 151 Å². The standard InChI is InChI=1S/C20H32N4O/c1-17(21)19-7-9-24(10-8-19)20(25)16-23-13-11-22(12-14-23)15-18-5-3-2-4-6-18/h2-6,17,19H,7-16,21H2,1H3. The Morgan fingerprint density at radius 1 is 1.04 bits per heavy atom. The van der Waals surface area contributed by atoms with Gasteiger partial charge < -0.3 is 10.6 Å². The molecule has 2 aliphatic heterocycles. The maximum absolute atomic E-state index is 12.6. The number of hydrogen-bond donors (Lipinski definition) is 1. The van der Waals surface area contributed by atoms with Crippen LogP contribution in [-0.2, 0) is 11.3 Å². The van der Waals surface area contributed by atoms with Crippen LogP contribution in [0.1, 0.15) is 25.3 Å². The van der Waals surface area contributed by atoms with Crippen LogP contribution in [0.2, 0.25) is 0 Å². The normalized spacial score (nSPS) is 22.1. The summed E-state index contributed by atoms with van der Waals surface area (Å²) in [6.45, 7) is 9.44. The molecule has 5 nitrogen and oxygen atoms in total. The molecule has 138 valence electrons. The lowest BCUT2D eigenvalue weighted by atomic mass is 9.91. The highest BCUT2D eigenvalue weighted by molar-refractivity contribution is 5.78. The van der Waals surface area contributed by atoms with Crippen molar-refractivity contribution in [3.8, 4) is 0 Å². The van der Waals surface area contributed by atoms with E-state index in [1.165, 1.54) is 5.56 Å². The quantitative estimate of drug-likeness (QED) is 0.877. The van der Waals surface area contributed by atoms with E-state index in [2.05, 4.69) is 47.1 Å². The summed E-state index contributed by atoms with van der Waals surface area (Å²) in [5, 5.41) is 0. The van der Waals surface area contributed by atoms with Gasteiger partial charge in [-0.1, -0.05) is 30.3 Å². The highest BCUT2D eigenvalue weighted by atomic mass is 16.2. The van der Waals surface area contributed by atoms with Crippen LogP contribution in [0.25, 0.3) is 0 Å². The van der Waals surface area contributed by atoms with Gasteiger partial charge in [-0.2, -0.15) is 0 Å². The molecule has 1 aromatic rings. The number of nitrogens with zero attached hydrogens (tertiary/aromatic N) is 3. The summed E-state index contributed by atoms with van der Waals surface area (Å²) in [5.41, 5.74) is 7.35. The second-order valence-electron chi connectivity index (χ2n) is 7.62. The number of rotatable bonds is 5. The van der Waals surface area contributed by atoms with E-state index in [-0.39, 0.29) is 6.04 Å². The van der Waals surface area contributed by atoms with Gasteiger partial charge in [0.1, 0.15) is 0 Å². The van der Waals surface area contributed by atoms with Gasteiger partial charge in [0, 0.05) is 51.9 Å². The summed E-state index contributed by atoms with van der Waals surface area (Å²) < 4.78 is 0. The van der Waals surface area contributed by atoms with E-state index in [4.69, 9.17) is 5.73 Å². The molecule has 1 atom stereocenters. The molecule has 1 aromatic carbocycles. The van der Waals surface area contributed by atoms with Crippen molar-refractivity contribution < 1.29 is 4.79 Å². The molecule has 3 rings (SSSR count). The number of carbonyl (C=O) groups is 1. The highest BCUT2D eigenvalue weighted by Crippen LogP contribution is 2.19. The molecule has 0 aromatic heterocycles. The van der Waals surface area contributed by atoms with Crippen LogP contribution in [0.3, 0.4) is 0 Å². The SMILES string of the molecule is CC(N)C1CCN(C(=O)CN2CCN(Cc3ccccc3)CC2)CC1. The average Bonchev–Trinajstić information content (AvgIpc) is 2.64. The minimum absolute atomic E-state index is 0.245. The van der Waals surface area contributed by atoms with Crippen LogP contribution in [0.15, 0.2) is 30.3 Å². The summed E-state index contributed by atoms with van der Waals surface area (Å²) in [6.07, 6.45) is 2.10. The third kappa shape index (κ3) is 5.27. The monoisotopic (exact) mass is 344 g/mol. The Morgan fingerprint density at radius 2 is 1.64 bits per heavy atom. The van der Waals surface area contributed by atoms with Gasteiger partial charge in [-0.3, -0.25) is 14.6 Å². The number of nitrogens with two attached hydrogens (primary N) is 1. The first kappa shape index (κ1) is 18.4. The van der Waals surface area contributed by atoms with Gasteiger partial charge >= 0.3 is 0 Å². The van der Waals surface area contributed by atoms with Crippen LogP contribution in [0.5, 0.6) is 0 Å². The number of likely N-dealkylation sites (tertiary alicyclic amines) is 1. The smallest absolute Gasteiger partial charge is 0.236 e. The van der Waals surface area contributed by atoms with E-state index >= 15 is 0 Å². The van der Waals surface area contributed by atoms with Gasteiger partial charge in [0.05, 0.1) is 6.54 Å². The maximum Gasteiger partial charge on any atom is 0.236 e. The third-order valence-electron chi connectivity index (χ3n) is 5.71. The van der Waals surface area contributed by atoms with Crippen LogP contribution in [0, 0.1) is 5.92 Å². The van der Waals surface area contributed by atoms with Crippen LogP contribution < -0.4 is 5.73 Å². The van der Waals surface area contributed by atoms with Gasteiger partial charge in [-0.05, 0) is 31.2 Å². The number of piperazine rings is 1. The van der Waals surface area contributed by atoms with Crippen molar-refractivity contribution in [1.29, 1.82) is 0 Å². The van der Waals surface area contributed by atoms with Crippen molar-refractivity contribution in [2.45, 2.75) is 32.4 Å². The largest absolute Gasteiger partial charge is 0.342 e. The molecule has 1 amide bonds. The molecule has 0 saturated carbocycles. The van der Waals surface area contributed by atoms with E-state index < -0.39 is 0 Å². The van der Waals surface area contributed by atoms with Gasteiger partial charge in [0.2, 0.25) is 5.91 Å². The molecule has 2 aliphatic rings. The first-order valence-electron chi connectivity index (χ1n) is 9.64. The Bertz CT molecular complexity index is 532. The third-order valence-corrected chi connectivity index (χ3v) is 5.71. The molecule has 5 heteroatoms. The Kier molecular flexibility index (Phi) is 6.45. The van der Waals surface area contributed by atoms with E-state index in [9.17, 15) is 4.79 Å². The summed E-state index contributed by atoms with van der Waals surface area (Å²) in [7, 11) is 0. The molecule has 0 spiro atoms. The maximum atomic E-state index is 12.6. The molecule has 2 N–H and O–H groups in total. The molecular weight excluding hydrogens is 312 g/mol. The zero-order valence-electron chi connectivity index (χ0n) is 15.4. The van der Waals surface area contributed by atoms with Crippen molar-refractivity contribution in [1.82, 2.24) is 14.7 Å². The number of benzene rings is 1. The summed E-state index contributed by atoms with van der Waals surface area (Å²) in [6, 6.07) is 10.9. The topological polar surface area (TPSA) is 52.8 Å². The predicted octanol–water partition coefficient (Wildman–Crippen LogP) is 1.39. The number of piperidine rings is 1. The molecule has 25 heavy (non-hydrogen) atoms. The van der Waals surface area contributed by atoms with Gasteiger partial charge in [0.25, 0.3) is 0 Å². The molecule has 0 radical (unpaired) electrons. The van der Waals surface area contributed by atoms with Gasteiger partial charge in [0.15, 0.2) is 0 Å². The van der Waals surface area contributed by atoms with Crippen molar-refractivity contribution in [3.05, 3.63) is 35.9 Å². The van der Waals surface area contributed by atoms with Crippen molar-refractivity contribution in [2.24, 2.45) is 11.7 Å². The molecule has 0 bridgehead atoms. The first-order valence-corrected chi connectivity index (χ1v) is 9.64. The number of carbonyl (C=O) groups excluding carboxylic acids is 1. The second-order valence-corrected chi connectivity index (χ2v) is 7.62. The highest BCUT2D eigenvalue weighted by Gasteiger charge is 2.26. The molecular formula is C20H32N4O. The number of hydrogen-bond acceptors (Lipinski definition) is 4. The van der Waals surface area contributed by atoms with E-state index in [0.717, 1.165) is 58.7 Å². The van der Waals surface area contributed by atoms with E-state index in [1.54, 1.807) is 0 Å². The number of amides is 1. The molecule has 1 unspecified atom stereocenters. The first-order chi connectivity index (χ1) is 12.1. The fraction of sp³-hybridized carbons (Fsp3) is 0.650. The molecule has 0 aliphatic carbocycles. The van der Waals surface area contributed by atoms with E-state index in [1.807, 2.05) is 4.90 Å². The Balaban J connectivity index is 1.38. The second kappa shape index (κ2) is 8.79. The lowest BCUT2D eigenvalue weighted by Gasteiger charge is -2.37.